The van der Waals surface area contributed by atoms with Gasteiger partial charge in [0.1, 0.15) is 23.3 Å². The smallest absolute Gasteiger partial charge is 0.257 e. The van der Waals surface area contributed by atoms with Gasteiger partial charge in [0, 0.05) is 44.6 Å². The molecular formula is C20H20FN7O. The largest absolute Gasteiger partial charge is 0.353 e. The normalized spacial score (nSPS) is 14.0. The molecule has 0 atom stereocenters. The number of carbonyl (C=O) groups is 1. The van der Waals surface area contributed by atoms with Crippen LogP contribution in [0.2, 0.25) is 0 Å². The van der Waals surface area contributed by atoms with Crippen LogP contribution in [0.5, 0.6) is 0 Å². The third-order valence-electron chi connectivity index (χ3n) is 4.64. The maximum absolute atomic E-state index is 13.9. The number of aryl methyl sites for hydroxylation is 1. The first-order valence-electron chi connectivity index (χ1n) is 9.27. The SMILES string of the molecule is Cc1nc(Nc2ccccn2)cc(N2CCN(C(=O)c3ccncc3F)CC2)n1. The van der Waals surface area contributed by atoms with Gasteiger partial charge in [0.25, 0.3) is 5.91 Å². The van der Waals surface area contributed by atoms with Crippen molar-refractivity contribution in [2.45, 2.75) is 6.92 Å². The van der Waals surface area contributed by atoms with Crippen molar-refractivity contribution in [2.24, 2.45) is 0 Å². The average molecular weight is 393 g/mol. The van der Waals surface area contributed by atoms with Crippen LogP contribution in [-0.2, 0) is 0 Å². The molecule has 0 aromatic carbocycles. The Bertz CT molecular complexity index is 1010. The third-order valence-corrected chi connectivity index (χ3v) is 4.64. The number of nitrogens with one attached hydrogen (secondary N) is 1. The van der Waals surface area contributed by atoms with Gasteiger partial charge in [-0.1, -0.05) is 6.07 Å². The van der Waals surface area contributed by atoms with E-state index in [4.69, 9.17) is 0 Å². The maximum atomic E-state index is 13.9. The van der Waals surface area contributed by atoms with Crippen LogP contribution in [0, 0.1) is 12.7 Å². The van der Waals surface area contributed by atoms with Crippen molar-refractivity contribution in [3.8, 4) is 0 Å². The molecule has 29 heavy (non-hydrogen) atoms. The van der Waals surface area contributed by atoms with Crippen molar-refractivity contribution >= 4 is 23.4 Å². The topological polar surface area (TPSA) is 87.1 Å². The Morgan fingerprint density at radius 1 is 1.07 bits per heavy atom. The molecule has 0 radical (unpaired) electrons. The van der Waals surface area contributed by atoms with Gasteiger partial charge in [-0.05, 0) is 25.1 Å². The van der Waals surface area contributed by atoms with Crippen LogP contribution in [0.1, 0.15) is 16.2 Å². The highest BCUT2D eigenvalue weighted by molar-refractivity contribution is 5.94. The Hall–Kier alpha value is -3.62. The third kappa shape index (κ3) is 4.29. The molecule has 3 aromatic rings. The van der Waals surface area contributed by atoms with Crippen LogP contribution in [0.3, 0.4) is 0 Å². The molecule has 1 aliphatic heterocycles. The van der Waals surface area contributed by atoms with E-state index in [1.807, 2.05) is 31.2 Å². The summed E-state index contributed by atoms with van der Waals surface area (Å²) in [6.07, 6.45) is 4.19. The van der Waals surface area contributed by atoms with Crippen LogP contribution in [0.25, 0.3) is 0 Å². The van der Waals surface area contributed by atoms with Gasteiger partial charge in [-0.2, -0.15) is 0 Å². The molecule has 1 N–H and O–H groups in total. The van der Waals surface area contributed by atoms with Gasteiger partial charge >= 0.3 is 0 Å². The molecule has 0 saturated carbocycles. The minimum absolute atomic E-state index is 0.0492. The van der Waals surface area contributed by atoms with Crippen molar-refractivity contribution in [1.82, 2.24) is 24.8 Å². The number of aromatic nitrogens is 4. The number of halogens is 1. The molecule has 0 spiro atoms. The zero-order chi connectivity index (χ0) is 20.2. The van der Waals surface area contributed by atoms with Gasteiger partial charge in [-0.25, -0.2) is 19.3 Å². The van der Waals surface area contributed by atoms with E-state index in [0.717, 1.165) is 12.0 Å². The van der Waals surface area contributed by atoms with E-state index in [1.54, 1.807) is 11.1 Å². The van der Waals surface area contributed by atoms with E-state index in [1.165, 1.54) is 12.3 Å². The maximum Gasteiger partial charge on any atom is 0.257 e. The number of piperazine rings is 1. The summed E-state index contributed by atoms with van der Waals surface area (Å²) in [4.78, 5) is 33.2. The van der Waals surface area contributed by atoms with E-state index < -0.39 is 5.82 Å². The van der Waals surface area contributed by atoms with Crippen LogP contribution in [0.4, 0.5) is 21.8 Å². The second-order valence-corrected chi connectivity index (χ2v) is 6.63. The lowest BCUT2D eigenvalue weighted by Gasteiger charge is -2.35. The summed E-state index contributed by atoms with van der Waals surface area (Å²) in [5.41, 5.74) is 0.0492. The Balaban J connectivity index is 1.44. The molecule has 1 amide bonds. The number of carbonyl (C=O) groups excluding carboxylic acids is 1. The van der Waals surface area contributed by atoms with Crippen LogP contribution < -0.4 is 10.2 Å². The molecular weight excluding hydrogens is 373 g/mol. The summed E-state index contributed by atoms with van der Waals surface area (Å²) in [6, 6.07) is 8.88. The monoisotopic (exact) mass is 393 g/mol. The number of anilines is 3. The fraction of sp³-hybridized carbons (Fsp3) is 0.250. The predicted octanol–water partition coefficient (Wildman–Crippen LogP) is 2.42. The summed E-state index contributed by atoms with van der Waals surface area (Å²) < 4.78 is 13.9. The van der Waals surface area contributed by atoms with Crippen LogP contribution >= 0.6 is 0 Å². The Morgan fingerprint density at radius 2 is 1.90 bits per heavy atom. The quantitative estimate of drug-likeness (QED) is 0.728. The summed E-state index contributed by atoms with van der Waals surface area (Å²) in [5.74, 6) is 1.85. The number of rotatable bonds is 4. The van der Waals surface area contributed by atoms with Gasteiger partial charge in [-0.15, -0.1) is 0 Å². The van der Waals surface area contributed by atoms with Gasteiger partial charge in [0.2, 0.25) is 0 Å². The zero-order valence-electron chi connectivity index (χ0n) is 15.9. The van der Waals surface area contributed by atoms with E-state index in [2.05, 4.69) is 30.2 Å². The van der Waals surface area contributed by atoms with Crippen molar-refractivity contribution in [3.05, 3.63) is 66.1 Å². The molecule has 1 saturated heterocycles. The molecule has 4 heterocycles. The minimum Gasteiger partial charge on any atom is -0.353 e. The molecule has 3 aromatic heterocycles. The highest BCUT2D eigenvalue weighted by atomic mass is 19.1. The molecule has 9 heteroatoms. The zero-order valence-corrected chi connectivity index (χ0v) is 15.9. The van der Waals surface area contributed by atoms with Crippen molar-refractivity contribution in [2.75, 3.05) is 36.4 Å². The molecule has 148 valence electrons. The van der Waals surface area contributed by atoms with Crippen molar-refractivity contribution < 1.29 is 9.18 Å². The molecule has 0 aliphatic carbocycles. The lowest BCUT2D eigenvalue weighted by atomic mass is 10.2. The lowest BCUT2D eigenvalue weighted by Crippen LogP contribution is -2.49. The van der Waals surface area contributed by atoms with Crippen molar-refractivity contribution in [3.63, 3.8) is 0 Å². The number of amides is 1. The summed E-state index contributed by atoms with van der Waals surface area (Å²) >= 11 is 0. The number of hydrogen-bond acceptors (Lipinski definition) is 7. The molecule has 4 rings (SSSR count). The van der Waals surface area contributed by atoms with E-state index in [9.17, 15) is 9.18 Å². The second-order valence-electron chi connectivity index (χ2n) is 6.63. The van der Waals surface area contributed by atoms with E-state index in [-0.39, 0.29) is 11.5 Å². The minimum atomic E-state index is -0.600. The first-order valence-corrected chi connectivity index (χ1v) is 9.27. The first-order chi connectivity index (χ1) is 14.1. The Kier molecular flexibility index (Phi) is 5.28. The van der Waals surface area contributed by atoms with Gasteiger partial charge in [0.05, 0.1) is 11.8 Å². The molecule has 0 unspecified atom stereocenters. The van der Waals surface area contributed by atoms with Crippen molar-refractivity contribution in [1.29, 1.82) is 0 Å². The van der Waals surface area contributed by atoms with Gasteiger partial charge in [0.15, 0.2) is 5.82 Å². The molecule has 1 aliphatic rings. The van der Waals surface area contributed by atoms with Crippen LogP contribution in [0.15, 0.2) is 48.9 Å². The number of hydrogen-bond donors (Lipinski definition) is 1. The molecule has 0 bridgehead atoms. The number of nitrogens with zero attached hydrogens (tertiary/aromatic N) is 6. The lowest BCUT2D eigenvalue weighted by molar-refractivity contribution is 0.0741. The standard InChI is InChI=1S/C20H20FN7O/c1-14-24-18(26-17-4-2-3-6-23-17)12-19(25-14)27-8-10-28(11-9-27)20(29)15-5-7-22-13-16(15)21/h2-7,12-13H,8-11H2,1H3,(H,23,24,25,26). The van der Waals surface area contributed by atoms with Gasteiger partial charge in [-0.3, -0.25) is 9.78 Å². The molecule has 1 fully saturated rings. The summed E-state index contributed by atoms with van der Waals surface area (Å²) in [7, 11) is 0. The van der Waals surface area contributed by atoms with E-state index >= 15 is 0 Å². The Morgan fingerprint density at radius 3 is 2.62 bits per heavy atom. The Labute approximate surface area is 167 Å². The predicted molar refractivity (Wildman–Crippen MR) is 107 cm³/mol. The number of pyridine rings is 2. The highest BCUT2D eigenvalue weighted by Gasteiger charge is 2.25. The highest BCUT2D eigenvalue weighted by Crippen LogP contribution is 2.21. The van der Waals surface area contributed by atoms with Crippen LogP contribution in [-0.4, -0.2) is 56.9 Å². The summed E-state index contributed by atoms with van der Waals surface area (Å²) in [5, 5.41) is 3.18. The van der Waals surface area contributed by atoms with E-state index in [0.29, 0.717) is 43.6 Å². The fourth-order valence-corrected chi connectivity index (χ4v) is 3.20. The second kappa shape index (κ2) is 8.17. The van der Waals surface area contributed by atoms with Gasteiger partial charge < -0.3 is 15.1 Å². The molecule has 8 nitrogen and oxygen atoms in total. The first kappa shape index (κ1) is 18.7. The average Bonchev–Trinajstić information content (AvgIpc) is 2.74. The summed E-state index contributed by atoms with van der Waals surface area (Å²) in [6.45, 7) is 3.98. The fourth-order valence-electron chi connectivity index (χ4n) is 3.20.